The molecule has 0 fully saturated rings. The van der Waals surface area contributed by atoms with E-state index in [0.29, 0.717) is 40.9 Å². The number of benzene rings is 2. The van der Waals surface area contributed by atoms with E-state index in [2.05, 4.69) is 15.0 Å². The highest BCUT2D eigenvalue weighted by Crippen LogP contribution is 2.37. The van der Waals surface area contributed by atoms with Gasteiger partial charge in [0, 0.05) is 29.6 Å². The van der Waals surface area contributed by atoms with Crippen molar-refractivity contribution in [1.29, 1.82) is 0 Å². The number of hydrogen-bond acceptors (Lipinski definition) is 5. The van der Waals surface area contributed by atoms with Crippen LogP contribution < -0.4 is 11.5 Å². The maximum Gasteiger partial charge on any atom is 0.416 e. The quantitative estimate of drug-likeness (QED) is 0.409. The Morgan fingerprint density at radius 3 is 2.27 bits per heavy atom. The minimum absolute atomic E-state index is 0.0424. The normalized spacial score (nSPS) is 12.5. The lowest BCUT2D eigenvalue weighted by molar-refractivity contribution is -0.137. The molecule has 0 saturated carbocycles. The minimum atomic E-state index is -4.47. The molecule has 4 N–H and O–H groups in total. The van der Waals surface area contributed by atoms with Crippen LogP contribution in [-0.2, 0) is 12.6 Å². The lowest BCUT2D eigenvalue weighted by Gasteiger charge is -2.18. The van der Waals surface area contributed by atoms with E-state index >= 15 is 0 Å². The van der Waals surface area contributed by atoms with Gasteiger partial charge in [0.15, 0.2) is 0 Å². The summed E-state index contributed by atoms with van der Waals surface area (Å²) in [6.07, 6.45) is -0.352. The highest BCUT2D eigenvalue weighted by molar-refractivity contribution is 5.83. The van der Waals surface area contributed by atoms with E-state index in [1.54, 1.807) is 30.6 Å². The average Bonchev–Trinajstić information content (AvgIpc) is 2.83. The molecule has 0 aliphatic rings. The van der Waals surface area contributed by atoms with Crippen molar-refractivity contribution in [1.82, 2.24) is 15.0 Å². The van der Waals surface area contributed by atoms with Gasteiger partial charge in [-0.2, -0.15) is 13.2 Å². The van der Waals surface area contributed by atoms with E-state index in [1.807, 2.05) is 30.3 Å². The molecule has 1 unspecified atom stereocenters. The Balaban J connectivity index is 1.82. The van der Waals surface area contributed by atoms with Crippen molar-refractivity contribution in [3.63, 3.8) is 0 Å². The number of halogens is 3. The first kappa shape index (κ1) is 22.4. The number of rotatable bonds is 6. The molecule has 2 aromatic carbocycles. The predicted octanol–water partition coefficient (Wildman–Crippen LogP) is 5.44. The Morgan fingerprint density at radius 2 is 1.58 bits per heavy atom. The molecule has 5 nitrogen and oxygen atoms in total. The molecule has 33 heavy (non-hydrogen) atoms. The topological polar surface area (TPSA) is 90.7 Å². The van der Waals surface area contributed by atoms with E-state index < -0.39 is 11.7 Å². The fourth-order valence-electron chi connectivity index (χ4n) is 3.74. The standard InChI is InChI=1S/C25H22F3N5/c26-25(27,28)19-8-4-7-18(15-19)22-21(10-9-20(29)16-5-2-1-3-6-16)32-24(30)33-23(22)17-11-13-31-14-12-17/h1-8,11-15,20H,9-10,29H2,(H2,30,32,33). The second kappa shape index (κ2) is 9.38. The molecule has 2 heterocycles. The molecule has 0 aliphatic heterocycles. The number of alkyl halides is 3. The molecule has 168 valence electrons. The van der Waals surface area contributed by atoms with Crippen molar-refractivity contribution < 1.29 is 13.2 Å². The van der Waals surface area contributed by atoms with Gasteiger partial charge in [-0.25, -0.2) is 9.97 Å². The Labute approximate surface area is 189 Å². The Hall–Kier alpha value is -3.78. The zero-order valence-corrected chi connectivity index (χ0v) is 17.6. The first-order valence-electron chi connectivity index (χ1n) is 10.4. The van der Waals surface area contributed by atoms with E-state index in [-0.39, 0.29) is 12.0 Å². The van der Waals surface area contributed by atoms with E-state index in [4.69, 9.17) is 11.5 Å². The number of hydrogen-bond donors (Lipinski definition) is 2. The van der Waals surface area contributed by atoms with Crippen molar-refractivity contribution in [3.05, 3.63) is 95.9 Å². The van der Waals surface area contributed by atoms with E-state index in [1.165, 1.54) is 6.07 Å². The summed E-state index contributed by atoms with van der Waals surface area (Å²) >= 11 is 0. The van der Waals surface area contributed by atoms with Gasteiger partial charge >= 0.3 is 6.18 Å². The highest BCUT2D eigenvalue weighted by Gasteiger charge is 2.31. The Kier molecular flexibility index (Phi) is 6.37. The summed E-state index contributed by atoms with van der Waals surface area (Å²) in [4.78, 5) is 12.8. The van der Waals surface area contributed by atoms with Crippen LogP contribution in [0.2, 0.25) is 0 Å². The molecule has 2 aromatic heterocycles. The first-order chi connectivity index (χ1) is 15.8. The summed E-state index contributed by atoms with van der Waals surface area (Å²) in [7, 11) is 0. The fraction of sp³-hybridized carbons (Fsp3) is 0.160. The largest absolute Gasteiger partial charge is 0.416 e. The lowest BCUT2D eigenvalue weighted by atomic mass is 9.93. The van der Waals surface area contributed by atoms with Gasteiger partial charge < -0.3 is 11.5 Å². The van der Waals surface area contributed by atoms with Crippen LogP contribution in [0, 0.1) is 0 Å². The van der Waals surface area contributed by atoms with Gasteiger partial charge in [-0.3, -0.25) is 4.98 Å². The first-order valence-corrected chi connectivity index (χ1v) is 10.4. The van der Waals surface area contributed by atoms with Crippen LogP contribution in [0.25, 0.3) is 22.4 Å². The van der Waals surface area contributed by atoms with Crippen LogP contribution in [0.3, 0.4) is 0 Å². The van der Waals surface area contributed by atoms with Crippen molar-refractivity contribution >= 4 is 5.95 Å². The second-order valence-electron chi connectivity index (χ2n) is 7.62. The summed E-state index contributed by atoms with van der Waals surface area (Å²) in [6, 6.07) is 18.0. The molecule has 0 radical (unpaired) electrons. The molecule has 1 atom stereocenters. The van der Waals surface area contributed by atoms with Crippen LogP contribution in [0.5, 0.6) is 0 Å². The van der Waals surface area contributed by atoms with Gasteiger partial charge in [0.2, 0.25) is 5.95 Å². The predicted molar refractivity (Wildman–Crippen MR) is 122 cm³/mol. The lowest BCUT2D eigenvalue weighted by Crippen LogP contribution is -2.13. The van der Waals surface area contributed by atoms with Crippen LogP contribution in [0.4, 0.5) is 19.1 Å². The third kappa shape index (κ3) is 5.18. The van der Waals surface area contributed by atoms with Crippen molar-refractivity contribution in [2.45, 2.75) is 25.1 Å². The molecule has 0 spiro atoms. The van der Waals surface area contributed by atoms with Gasteiger partial charge in [0.25, 0.3) is 0 Å². The van der Waals surface area contributed by atoms with Gasteiger partial charge in [-0.05, 0) is 48.2 Å². The summed E-state index contributed by atoms with van der Waals surface area (Å²) in [6.45, 7) is 0. The maximum absolute atomic E-state index is 13.4. The maximum atomic E-state index is 13.4. The molecule has 4 rings (SSSR count). The van der Waals surface area contributed by atoms with Gasteiger partial charge in [0.1, 0.15) is 0 Å². The monoisotopic (exact) mass is 449 g/mol. The van der Waals surface area contributed by atoms with Gasteiger partial charge in [-0.15, -0.1) is 0 Å². The molecule has 8 heteroatoms. The van der Waals surface area contributed by atoms with Gasteiger partial charge in [0.05, 0.1) is 17.0 Å². The third-order valence-corrected chi connectivity index (χ3v) is 5.35. The van der Waals surface area contributed by atoms with Gasteiger partial charge in [-0.1, -0.05) is 42.5 Å². The summed E-state index contributed by atoms with van der Waals surface area (Å²) in [5.41, 5.74) is 15.1. The number of anilines is 1. The van der Waals surface area contributed by atoms with Crippen molar-refractivity contribution in [2.24, 2.45) is 5.73 Å². The minimum Gasteiger partial charge on any atom is -0.368 e. The van der Waals surface area contributed by atoms with Crippen molar-refractivity contribution in [3.8, 4) is 22.4 Å². The number of nitrogen functional groups attached to an aromatic ring is 1. The van der Waals surface area contributed by atoms with E-state index in [9.17, 15) is 13.2 Å². The summed E-state index contributed by atoms with van der Waals surface area (Å²) < 4.78 is 40.3. The molecular weight excluding hydrogens is 427 g/mol. The number of aromatic nitrogens is 3. The van der Waals surface area contributed by atoms with Crippen molar-refractivity contribution in [2.75, 3.05) is 5.73 Å². The summed E-state index contributed by atoms with van der Waals surface area (Å²) in [5, 5.41) is 0. The number of nitrogens with two attached hydrogens (primary N) is 2. The Morgan fingerprint density at radius 1 is 0.848 bits per heavy atom. The highest BCUT2D eigenvalue weighted by atomic mass is 19.4. The third-order valence-electron chi connectivity index (χ3n) is 5.35. The number of nitrogens with zero attached hydrogens (tertiary/aromatic N) is 3. The second-order valence-corrected chi connectivity index (χ2v) is 7.62. The Bertz CT molecular complexity index is 1230. The molecule has 0 saturated heterocycles. The van der Waals surface area contributed by atoms with Crippen LogP contribution in [-0.4, -0.2) is 15.0 Å². The number of pyridine rings is 1. The van der Waals surface area contributed by atoms with Crippen LogP contribution >= 0.6 is 0 Å². The fourth-order valence-corrected chi connectivity index (χ4v) is 3.74. The van der Waals surface area contributed by atoms with Crippen LogP contribution in [0.1, 0.15) is 29.3 Å². The number of aryl methyl sites for hydroxylation is 1. The summed E-state index contributed by atoms with van der Waals surface area (Å²) in [5.74, 6) is 0.0424. The zero-order chi connectivity index (χ0) is 23.4. The van der Waals surface area contributed by atoms with E-state index in [0.717, 1.165) is 17.7 Å². The molecular formula is C25H22F3N5. The molecule has 4 aromatic rings. The smallest absolute Gasteiger partial charge is 0.368 e. The molecule has 0 bridgehead atoms. The molecule has 0 amide bonds. The molecule has 0 aliphatic carbocycles. The SMILES string of the molecule is Nc1nc(CCC(N)c2ccccc2)c(-c2cccc(C(F)(F)F)c2)c(-c2ccncc2)n1. The zero-order valence-electron chi connectivity index (χ0n) is 17.6. The average molecular weight is 449 g/mol. The van der Waals surface area contributed by atoms with Crippen LogP contribution in [0.15, 0.2) is 79.1 Å².